The molecule has 1 saturated heterocycles. The molecule has 2 heterocycles. The molecule has 0 saturated carbocycles. The van der Waals surface area contributed by atoms with Crippen LogP contribution in [0, 0.1) is 29.1 Å². The lowest BCUT2D eigenvalue weighted by molar-refractivity contribution is -0.155. The van der Waals surface area contributed by atoms with E-state index < -0.39 is 74.1 Å². The standard InChI is InChI=1S/C19H13F5N4O4/c20-8-1-9(21)11(2-10(8)26)28-5-7(19(31)32-27-3-6(25)4-27)17(29)12-16(28)14(23)13(22)15(24)18(12)30/h1-2,5-6,30H,3-4,25-26H2. The number of pyridine rings is 1. The first-order valence-corrected chi connectivity index (χ1v) is 8.93. The number of aromatic nitrogens is 1. The van der Waals surface area contributed by atoms with Gasteiger partial charge in [-0.1, -0.05) is 0 Å². The number of benzene rings is 2. The van der Waals surface area contributed by atoms with Crippen molar-refractivity contribution in [3.8, 4) is 11.4 Å². The highest BCUT2D eigenvalue weighted by Crippen LogP contribution is 2.33. The van der Waals surface area contributed by atoms with E-state index in [1.807, 2.05) is 0 Å². The zero-order chi connectivity index (χ0) is 23.5. The van der Waals surface area contributed by atoms with Gasteiger partial charge in [-0.05, 0) is 6.07 Å². The van der Waals surface area contributed by atoms with E-state index in [2.05, 4.69) is 0 Å². The summed E-state index contributed by atoms with van der Waals surface area (Å²) in [5, 5.41) is 9.93. The molecule has 1 aliphatic heterocycles. The average molecular weight is 456 g/mol. The van der Waals surface area contributed by atoms with Crippen molar-refractivity contribution in [2.24, 2.45) is 5.73 Å². The number of nitrogens with two attached hydrogens (primary N) is 2. The van der Waals surface area contributed by atoms with Gasteiger partial charge in [-0.3, -0.25) is 4.79 Å². The van der Waals surface area contributed by atoms with Crippen molar-refractivity contribution < 1.29 is 36.7 Å². The van der Waals surface area contributed by atoms with Gasteiger partial charge in [0.25, 0.3) is 0 Å². The predicted molar refractivity (Wildman–Crippen MR) is 100 cm³/mol. The van der Waals surface area contributed by atoms with Gasteiger partial charge in [0.1, 0.15) is 22.7 Å². The number of hydroxylamine groups is 2. The number of aromatic hydroxyl groups is 1. The first kappa shape index (κ1) is 21.5. The van der Waals surface area contributed by atoms with E-state index in [4.69, 9.17) is 16.3 Å². The second kappa shape index (κ2) is 7.46. The van der Waals surface area contributed by atoms with Gasteiger partial charge in [0.15, 0.2) is 11.6 Å². The summed E-state index contributed by atoms with van der Waals surface area (Å²) in [7, 11) is 0. The zero-order valence-corrected chi connectivity index (χ0v) is 15.8. The second-order valence-corrected chi connectivity index (χ2v) is 7.07. The smallest absolute Gasteiger partial charge is 0.362 e. The Labute approximate surface area is 175 Å². The number of anilines is 1. The molecular formula is C19H13F5N4O4. The van der Waals surface area contributed by atoms with Crippen LogP contribution in [0.25, 0.3) is 16.6 Å². The summed E-state index contributed by atoms with van der Waals surface area (Å²) in [5.41, 5.74) is 6.23. The van der Waals surface area contributed by atoms with E-state index >= 15 is 0 Å². The molecule has 168 valence electrons. The van der Waals surface area contributed by atoms with Gasteiger partial charge in [-0.2, -0.15) is 4.39 Å². The van der Waals surface area contributed by atoms with Crippen LogP contribution in [0.3, 0.4) is 0 Å². The molecule has 0 amide bonds. The maximum absolute atomic E-state index is 14.7. The minimum atomic E-state index is -2.16. The summed E-state index contributed by atoms with van der Waals surface area (Å²) >= 11 is 0. The highest BCUT2D eigenvalue weighted by Gasteiger charge is 2.31. The van der Waals surface area contributed by atoms with E-state index in [-0.39, 0.29) is 19.1 Å². The fraction of sp³-hybridized carbons (Fsp3) is 0.158. The van der Waals surface area contributed by atoms with Crippen LogP contribution in [-0.2, 0) is 4.84 Å². The van der Waals surface area contributed by atoms with Crippen LogP contribution in [0.4, 0.5) is 27.6 Å². The molecule has 4 rings (SSSR count). The summed E-state index contributed by atoms with van der Waals surface area (Å²) in [4.78, 5) is 30.3. The Morgan fingerprint density at radius 2 is 1.72 bits per heavy atom. The summed E-state index contributed by atoms with van der Waals surface area (Å²) < 4.78 is 71.2. The minimum absolute atomic E-state index is 0.135. The molecule has 0 unspecified atom stereocenters. The number of fused-ring (bicyclic) bond motifs is 1. The van der Waals surface area contributed by atoms with E-state index in [1.54, 1.807) is 0 Å². The fourth-order valence-corrected chi connectivity index (χ4v) is 3.25. The number of carbonyl (C=O) groups excluding carboxylic acids is 1. The van der Waals surface area contributed by atoms with Crippen LogP contribution < -0.4 is 16.9 Å². The van der Waals surface area contributed by atoms with Gasteiger partial charge in [0.2, 0.25) is 17.1 Å². The molecular weight excluding hydrogens is 443 g/mol. The van der Waals surface area contributed by atoms with Crippen molar-refractivity contribution in [3.05, 3.63) is 63.2 Å². The zero-order valence-electron chi connectivity index (χ0n) is 15.8. The van der Waals surface area contributed by atoms with Crippen LogP contribution in [0.2, 0.25) is 0 Å². The summed E-state index contributed by atoms with van der Waals surface area (Å²) in [6, 6.07) is 0.712. The third-order valence-corrected chi connectivity index (χ3v) is 4.88. The molecule has 13 heteroatoms. The Morgan fingerprint density at radius 1 is 1.06 bits per heavy atom. The van der Waals surface area contributed by atoms with Crippen LogP contribution in [-0.4, -0.2) is 39.8 Å². The molecule has 1 fully saturated rings. The number of hydrogen-bond donors (Lipinski definition) is 3. The predicted octanol–water partition coefficient (Wildman–Crippen LogP) is 1.69. The molecule has 3 aromatic rings. The molecule has 0 spiro atoms. The van der Waals surface area contributed by atoms with E-state index in [1.165, 1.54) is 0 Å². The number of nitrogen functional groups attached to an aromatic ring is 1. The molecule has 8 nitrogen and oxygen atoms in total. The van der Waals surface area contributed by atoms with Crippen molar-refractivity contribution in [2.45, 2.75) is 6.04 Å². The number of hydrogen-bond acceptors (Lipinski definition) is 7. The highest BCUT2D eigenvalue weighted by molar-refractivity contribution is 5.96. The Hall–Kier alpha value is -3.71. The topological polar surface area (TPSA) is 124 Å². The minimum Gasteiger partial charge on any atom is -0.504 e. The highest BCUT2D eigenvalue weighted by atomic mass is 19.2. The molecule has 32 heavy (non-hydrogen) atoms. The monoisotopic (exact) mass is 456 g/mol. The summed E-state index contributed by atoms with van der Waals surface area (Å²) in [6.45, 7) is 0.271. The van der Waals surface area contributed by atoms with Crippen LogP contribution in [0.1, 0.15) is 10.4 Å². The van der Waals surface area contributed by atoms with Crippen molar-refractivity contribution in [1.82, 2.24) is 9.63 Å². The quantitative estimate of drug-likeness (QED) is 0.311. The third kappa shape index (κ3) is 3.22. The largest absolute Gasteiger partial charge is 0.504 e. The number of carbonyl (C=O) groups is 1. The van der Waals surface area contributed by atoms with Crippen LogP contribution in [0.5, 0.6) is 5.75 Å². The van der Waals surface area contributed by atoms with Gasteiger partial charge < -0.3 is 26.0 Å². The Balaban J connectivity index is 2.06. The summed E-state index contributed by atoms with van der Waals surface area (Å²) in [6.07, 6.45) is 0.586. The molecule has 0 atom stereocenters. The Kier molecular flexibility index (Phi) is 5.02. The number of rotatable bonds is 3. The third-order valence-electron chi connectivity index (χ3n) is 4.88. The van der Waals surface area contributed by atoms with Gasteiger partial charge in [0.05, 0.1) is 29.9 Å². The number of phenols is 1. The van der Waals surface area contributed by atoms with E-state index in [9.17, 15) is 36.6 Å². The van der Waals surface area contributed by atoms with E-state index in [0.717, 1.165) is 5.06 Å². The molecule has 1 aromatic heterocycles. The maximum atomic E-state index is 14.7. The van der Waals surface area contributed by atoms with Crippen molar-refractivity contribution in [1.29, 1.82) is 0 Å². The Morgan fingerprint density at radius 3 is 2.34 bits per heavy atom. The van der Waals surface area contributed by atoms with Gasteiger partial charge >= 0.3 is 5.97 Å². The van der Waals surface area contributed by atoms with Gasteiger partial charge in [0, 0.05) is 18.3 Å². The van der Waals surface area contributed by atoms with Crippen molar-refractivity contribution in [3.63, 3.8) is 0 Å². The van der Waals surface area contributed by atoms with E-state index in [0.29, 0.717) is 22.9 Å². The lowest BCUT2D eigenvalue weighted by Crippen LogP contribution is -2.56. The first-order valence-electron chi connectivity index (χ1n) is 8.93. The average Bonchev–Trinajstić information content (AvgIpc) is 2.71. The van der Waals surface area contributed by atoms with Crippen molar-refractivity contribution >= 4 is 22.6 Å². The van der Waals surface area contributed by atoms with Gasteiger partial charge in [-0.25, -0.2) is 22.4 Å². The maximum Gasteiger partial charge on any atom is 0.362 e. The Bertz CT molecular complexity index is 1350. The first-order chi connectivity index (χ1) is 15.0. The molecule has 1 aliphatic rings. The number of halogens is 5. The lowest BCUT2D eigenvalue weighted by Gasteiger charge is -2.34. The number of nitrogens with zero attached hydrogens (tertiary/aromatic N) is 2. The van der Waals surface area contributed by atoms with Crippen LogP contribution in [0.15, 0.2) is 23.1 Å². The molecule has 5 N–H and O–H groups in total. The van der Waals surface area contributed by atoms with Crippen molar-refractivity contribution in [2.75, 3.05) is 18.8 Å². The molecule has 2 aromatic carbocycles. The normalized spacial score (nSPS) is 14.6. The fourth-order valence-electron chi connectivity index (χ4n) is 3.25. The van der Waals surface area contributed by atoms with Gasteiger partial charge in [-0.15, -0.1) is 5.06 Å². The molecule has 0 bridgehead atoms. The summed E-state index contributed by atoms with van der Waals surface area (Å²) in [5.74, 6) is -11.7. The lowest BCUT2D eigenvalue weighted by atomic mass is 10.1. The number of phenolic OH excluding ortho intramolecular Hbond substituents is 1. The SMILES string of the molecule is Nc1cc(-n2cc(C(=O)ON3CC(N)C3)c(=O)c3c(O)c(F)c(F)c(F)c32)c(F)cc1F. The second-order valence-electron chi connectivity index (χ2n) is 7.07. The molecule has 0 aliphatic carbocycles. The molecule has 0 radical (unpaired) electrons. The van der Waals surface area contributed by atoms with Crippen LogP contribution >= 0.6 is 0 Å².